The van der Waals surface area contributed by atoms with E-state index in [4.69, 9.17) is 4.74 Å². The number of ether oxygens (including phenoxy) is 1. The second kappa shape index (κ2) is 7.00. The summed E-state index contributed by atoms with van der Waals surface area (Å²) in [5.41, 5.74) is 3.22. The zero-order chi connectivity index (χ0) is 18.1. The molecule has 0 spiro atoms. The van der Waals surface area contributed by atoms with Crippen molar-refractivity contribution in [3.8, 4) is 0 Å². The van der Waals surface area contributed by atoms with Gasteiger partial charge in [-0.1, -0.05) is 0 Å². The molecule has 2 aromatic heterocycles. The van der Waals surface area contributed by atoms with Crippen molar-refractivity contribution in [1.82, 2.24) is 19.9 Å². The molecule has 1 saturated heterocycles. The number of nitrogens with one attached hydrogen (secondary N) is 2. The minimum atomic E-state index is -0.173. The van der Waals surface area contributed by atoms with E-state index < -0.39 is 0 Å². The number of carbonyl (C=O) groups excluding carboxylic acids is 1. The quantitative estimate of drug-likeness (QED) is 0.881. The van der Waals surface area contributed by atoms with Gasteiger partial charge in [0.05, 0.1) is 12.2 Å². The van der Waals surface area contributed by atoms with E-state index in [0.29, 0.717) is 18.5 Å². The van der Waals surface area contributed by atoms with Crippen LogP contribution in [0.4, 0.5) is 0 Å². The van der Waals surface area contributed by atoms with Crippen LogP contribution in [-0.2, 0) is 16.0 Å². The van der Waals surface area contributed by atoms with Crippen LogP contribution in [0.25, 0.3) is 5.65 Å². The SMILES string of the molecule is Cc1nc2cc(=O)[nH]n2c(C)c1CCC(=O)NC1C[C@@H](C)O[C@@H](C)C1. The molecule has 1 aliphatic rings. The van der Waals surface area contributed by atoms with Crippen LogP contribution in [-0.4, -0.2) is 38.8 Å². The predicted molar refractivity (Wildman–Crippen MR) is 94.8 cm³/mol. The van der Waals surface area contributed by atoms with Gasteiger partial charge in [0.15, 0.2) is 5.65 Å². The van der Waals surface area contributed by atoms with Gasteiger partial charge in [0, 0.05) is 29.9 Å². The van der Waals surface area contributed by atoms with E-state index in [9.17, 15) is 9.59 Å². The molecule has 2 N–H and O–H groups in total. The Kier molecular flexibility index (Phi) is 4.94. The number of fused-ring (bicyclic) bond motifs is 1. The molecular weight excluding hydrogens is 320 g/mol. The normalized spacial score (nSPS) is 23.8. The summed E-state index contributed by atoms with van der Waals surface area (Å²) in [5.74, 6) is 0.0474. The van der Waals surface area contributed by atoms with Crippen molar-refractivity contribution in [2.24, 2.45) is 0 Å². The Balaban J connectivity index is 1.66. The Morgan fingerprint density at radius 2 is 2.04 bits per heavy atom. The molecule has 3 heterocycles. The van der Waals surface area contributed by atoms with Gasteiger partial charge in [-0.2, -0.15) is 0 Å². The van der Waals surface area contributed by atoms with Gasteiger partial charge in [0.1, 0.15) is 0 Å². The molecule has 0 saturated carbocycles. The van der Waals surface area contributed by atoms with Crippen molar-refractivity contribution in [3.63, 3.8) is 0 Å². The van der Waals surface area contributed by atoms with Gasteiger partial charge >= 0.3 is 0 Å². The van der Waals surface area contributed by atoms with Gasteiger partial charge in [-0.15, -0.1) is 0 Å². The average molecular weight is 346 g/mol. The van der Waals surface area contributed by atoms with Crippen molar-refractivity contribution >= 4 is 11.6 Å². The lowest BCUT2D eigenvalue weighted by atomic mass is 9.99. The molecule has 0 radical (unpaired) electrons. The lowest BCUT2D eigenvalue weighted by Crippen LogP contribution is -2.44. The highest BCUT2D eigenvalue weighted by Crippen LogP contribution is 2.19. The third-order valence-corrected chi connectivity index (χ3v) is 4.87. The van der Waals surface area contributed by atoms with Gasteiger partial charge in [-0.3, -0.25) is 14.7 Å². The summed E-state index contributed by atoms with van der Waals surface area (Å²) < 4.78 is 7.40. The number of hydrogen-bond acceptors (Lipinski definition) is 4. The van der Waals surface area contributed by atoms with Crippen molar-refractivity contribution in [2.75, 3.05) is 0 Å². The molecule has 0 aliphatic carbocycles. The standard InChI is InChI=1S/C18H26N4O3/c1-10-7-14(8-11(2)25-10)20-17(23)6-5-15-12(3)19-16-9-18(24)21-22(16)13(15)4/h9-11,14H,5-8H2,1-4H3,(H,20,23)(H,21,24)/t10-,11+,14?. The second-order valence-electron chi connectivity index (χ2n) is 7.07. The maximum absolute atomic E-state index is 12.4. The zero-order valence-electron chi connectivity index (χ0n) is 15.3. The number of aromatic nitrogens is 3. The minimum Gasteiger partial charge on any atom is -0.375 e. The van der Waals surface area contributed by atoms with Gasteiger partial charge in [0.2, 0.25) is 5.91 Å². The van der Waals surface area contributed by atoms with E-state index >= 15 is 0 Å². The Morgan fingerprint density at radius 3 is 2.72 bits per heavy atom. The highest BCUT2D eigenvalue weighted by Gasteiger charge is 2.25. The molecule has 7 heteroatoms. The molecule has 1 amide bonds. The van der Waals surface area contributed by atoms with Crippen molar-refractivity contribution in [3.05, 3.63) is 33.4 Å². The first-order valence-corrected chi connectivity index (χ1v) is 8.86. The monoisotopic (exact) mass is 346 g/mol. The summed E-state index contributed by atoms with van der Waals surface area (Å²) in [5, 5.41) is 5.87. The van der Waals surface area contributed by atoms with Crippen LogP contribution in [0.1, 0.15) is 50.1 Å². The van der Waals surface area contributed by atoms with Crippen LogP contribution in [0.2, 0.25) is 0 Å². The van der Waals surface area contributed by atoms with Crippen molar-refractivity contribution in [2.45, 2.75) is 71.6 Å². The molecule has 0 aromatic carbocycles. The fourth-order valence-corrected chi connectivity index (χ4v) is 3.78. The Morgan fingerprint density at radius 1 is 1.36 bits per heavy atom. The number of H-pyrrole nitrogens is 1. The number of carbonyl (C=O) groups is 1. The molecule has 3 atom stereocenters. The Labute approximate surface area is 146 Å². The summed E-state index contributed by atoms with van der Waals surface area (Å²) in [6.45, 7) is 7.94. The molecule has 1 unspecified atom stereocenters. The number of rotatable bonds is 4. The van der Waals surface area contributed by atoms with E-state index in [1.165, 1.54) is 6.07 Å². The minimum absolute atomic E-state index is 0.0474. The van der Waals surface area contributed by atoms with E-state index in [1.54, 1.807) is 4.52 Å². The van der Waals surface area contributed by atoms with E-state index in [1.807, 2.05) is 27.7 Å². The van der Waals surface area contributed by atoms with Gasteiger partial charge < -0.3 is 10.1 Å². The maximum Gasteiger partial charge on any atom is 0.266 e. The Hall–Kier alpha value is -2.15. The maximum atomic E-state index is 12.4. The lowest BCUT2D eigenvalue weighted by Gasteiger charge is -2.32. The number of amides is 1. The summed E-state index contributed by atoms with van der Waals surface area (Å²) in [7, 11) is 0. The van der Waals surface area contributed by atoms with E-state index in [2.05, 4.69) is 15.4 Å². The molecule has 3 rings (SSSR count). The smallest absolute Gasteiger partial charge is 0.266 e. The van der Waals surface area contributed by atoms with Crippen LogP contribution >= 0.6 is 0 Å². The number of aromatic amines is 1. The number of aryl methyl sites for hydroxylation is 2. The Bertz CT molecular complexity index is 829. The first-order valence-electron chi connectivity index (χ1n) is 8.86. The van der Waals surface area contributed by atoms with Crippen LogP contribution in [0, 0.1) is 13.8 Å². The highest BCUT2D eigenvalue weighted by molar-refractivity contribution is 5.76. The molecule has 7 nitrogen and oxygen atoms in total. The third kappa shape index (κ3) is 3.92. The molecule has 2 aromatic rings. The molecule has 0 bridgehead atoms. The second-order valence-corrected chi connectivity index (χ2v) is 7.07. The van der Waals surface area contributed by atoms with Gasteiger partial charge in [-0.05, 0) is 52.5 Å². The predicted octanol–water partition coefficient (Wildman–Crippen LogP) is 1.64. The fourth-order valence-electron chi connectivity index (χ4n) is 3.78. The summed E-state index contributed by atoms with van der Waals surface area (Å²) in [6.07, 6.45) is 3.06. The fraction of sp³-hybridized carbons (Fsp3) is 0.611. The van der Waals surface area contributed by atoms with E-state index in [-0.39, 0.29) is 29.7 Å². The molecule has 136 valence electrons. The van der Waals surface area contributed by atoms with Crippen LogP contribution < -0.4 is 10.9 Å². The third-order valence-electron chi connectivity index (χ3n) is 4.87. The molecular formula is C18H26N4O3. The first kappa shape index (κ1) is 17.7. The molecule has 1 aliphatic heterocycles. The van der Waals surface area contributed by atoms with Crippen LogP contribution in [0.3, 0.4) is 0 Å². The first-order chi connectivity index (χ1) is 11.8. The lowest BCUT2D eigenvalue weighted by molar-refractivity contribution is -0.123. The summed E-state index contributed by atoms with van der Waals surface area (Å²) >= 11 is 0. The van der Waals surface area contributed by atoms with Crippen molar-refractivity contribution in [1.29, 1.82) is 0 Å². The largest absolute Gasteiger partial charge is 0.375 e. The topological polar surface area (TPSA) is 88.5 Å². The summed E-state index contributed by atoms with van der Waals surface area (Å²) in [6, 6.07) is 1.65. The number of hydrogen-bond donors (Lipinski definition) is 2. The van der Waals surface area contributed by atoms with Crippen LogP contribution in [0.5, 0.6) is 0 Å². The molecule has 1 fully saturated rings. The highest BCUT2D eigenvalue weighted by atomic mass is 16.5. The van der Waals surface area contributed by atoms with Gasteiger partial charge in [-0.25, -0.2) is 9.50 Å². The van der Waals surface area contributed by atoms with E-state index in [0.717, 1.165) is 29.8 Å². The zero-order valence-corrected chi connectivity index (χ0v) is 15.3. The van der Waals surface area contributed by atoms with Gasteiger partial charge in [0.25, 0.3) is 5.56 Å². The molecule has 25 heavy (non-hydrogen) atoms. The summed E-state index contributed by atoms with van der Waals surface area (Å²) in [4.78, 5) is 28.3. The number of nitrogens with zero attached hydrogens (tertiary/aromatic N) is 2. The van der Waals surface area contributed by atoms with Crippen LogP contribution in [0.15, 0.2) is 10.9 Å². The average Bonchev–Trinajstić information content (AvgIpc) is 2.86. The van der Waals surface area contributed by atoms with Crippen molar-refractivity contribution < 1.29 is 9.53 Å².